The Morgan fingerprint density at radius 2 is 2.06 bits per heavy atom. The lowest BCUT2D eigenvalue weighted by Crippen LogP contribution is -2.08. The molecule has 0 radical (unpaired) electrons. The van der Waals surface area contributed by atoms with Crippen molar-refractivity contribution in [1.29, 1.82) is 0 Å². The highest BCUT2D eigenvalue weighted by molar-refractivity contribution is 9.10. The topological polar surface area (TPSA) is 60.9 Å². The minimum atomic E-state index is 0.0214. The number of hydrogen-bond acceptors (Lipinski definition) is 3. The maximum atomic E-state index is 12.0. The molecule has 1 aromatic heterocycles. The molecule has 0 amide bonds. The van der Waals surface area contributed by atoms with E-state index in [2.05, 4.69) is 20.9 Å². The molecule has 0 aliphatic rings. The van der Waals surface area contributed by atoms with Crippen LogP contribution in [0, 0.1) is 0 Å². The smallest absolute Gasteiger partial charge is 0.187 e. The van der Waals surface area contributed by atoms with Gasteiger partial charge in [-0.25, -0.2) is 4.98 Å². The summed E-state index contributed by atoms with van der Waals surface area (Å²) in [5, 5.41) is 0. The van der Waals surface area contributed by atoms with Gasteiger partial charge < -0.3 is 10.3 Å². The number of nitrogens with two attached hydrogens (primary N) is 1. The maximum Gasteiger partial charge on any atom is 0.187 e. The number of carbonyl (C=O) groups excluding carboxylic acids is 1. The first-order valence-corrected chi connectivity index (χ1v) is 6.48. The molecule has 0 saturated carbocycles. The van der Waals surface area contributed by atoms with Gasteiger partial charge in [0.2, 0.25) is 0 Å². The Kier molecular flexibility index (Phi) is 4.28. The molecule has 0 atom stereocenters. The quantitative estimate of drug-likeness (QED) is 0.860. The number of ketones is 1. The summed E-state index contributed by atoms with van der Waals surface area (Å²) in [6.07, 6.45) is 3.75. The van der Waals surface area contributed by atoms with E-state index in [-0.39, 0.29) is 5.78 Å². The van der Waals surface area contributed by atoms with E-state index in [1.807, 2.05) is 28.8 Å². The number of benzene rings is 1. The molecule has 1 aromatic carbocycles. The molecular formula is C13H14BrN3O. The summed E-state index contributed by atoms with van der Waals surface area (Å²) >= 11 is 3.36. The summed E-state index contributed by atoms with van der Waals surface area (Å²) in [4.78, 5) is 16.1. The van der Waals surface area contributed by atoms with Gasteiger partial charge in [-0.05, 0) is 17.7 Å². The number of hydrogen-bond donors (Lipinski definition) is 1. The van der Waals surface area contributed by atoms with Crippen LogP contribution in [0.4, 0.5) is 0 Å². The van der Waals surface area contributed by atoms with Crippen LogP contribution in [0.2, 0.25) is 0 Å². The summed E-state index contributed by atoms with van der Waals surface area (Å²) in [7, 11) is 0. The number of aromatic nitrogens is 2. The van der Waals surface area contributed by atoms with Gasteiger partial charge in [0.1, 0.15) is 5.69 Å². The second-order valence-electron chi connectivity index (χ2n) is 4.01. The number of carbonyl (C=O) groups is 1. The lowest BCUT2D eigenvalue weighted by atomic mass is 10.1. The summed E-state index contributed by atoms with van der Waals surface area (Å²) in [5.41, 5.74) is 6.92. The van der Waals surface area contributed by atoms with Crippen LogP contribution in [-0.2, 0) is 13.0 Å². The third-order valence-corrected chi connectivity index (χ3v) is 3.11. The zero-order valence-corrected chi connectivity index (χ0v) is 11.4. The van der Waals surface area contributed by atoms with Crippen LogP contribution in [0.1, 0.15) is 16.1 Å². The van der Waals surface area contributed by atoms with E-state index in [4.69, 9.17) is 5.73 Å². The fourth-order valence-electron chi connectivity index (χ4n) is 1.65. The zero-order valence-electron chi connectivity index (χ0n) is 9.84. The standard InChI is InChI=1S/C13H14BrN3O/c14-11-3-1-10(2-4-11)7-13(18)12-8-17(6-5-15)9-16-12/h1-4,8-9H,5-7,15H2. The van der Waals surface area contributed by atoms with Crippen LogP contribution >= 0.6 is 15.9 Å². The fraction of sp³-hybridized carbons (Fsp3) is 0.231. The summed E-state index contributed by atoms with van der Waals surface area (Å²) in [6.45, 7) is 1.22. The SMILES string of the molecule is NCCn1cnc(C(=O)Cc2ccc(Br)cc2)c1. The molecule has 0 aliphatic carbocycles. The van der Waals surface area contributed by atoms with Gasteiger partial charge in [-0.1, -0.05) is 28.1 Å². The molecule has 0 aliphatic heterocycles. The van der Waals surface area contributed by atoms with Crippen LogP contribution in [0.15, 0.2) is 41.3 Å². The van der Waals surface area contributed by atoms with Crippen molar-refractivity contribution in [3.05, 3.63) is 52.5 Å². The molecular weight excluding hydrogens is 294 g/mol. The third kappa shape index (κ3) is 3.27. The predicted octanol–water partition coefficient (Wildman–Crippen LogP) is 2.03. The van der Waals surface area contributed by atoms with Crippen molar-refractivity contribution in [3.8, 4) is 0 Å². The van der Waals surface area contributed by atoms with Crippen LogP contribution < -0.4 is 5.73 Å². The highest BCUT2D eigenvalue weighted by atomic mass is 79.9. The number of Topliss-reactive ketones (excluding diaryl/α,β-unsaturated/α-hetero) is 1. The average molecular weight is 308 g/mol. The largest absolute Gasteiger partial charge is 0.335 e. The van der Waals surface area contributed by atoms with Gasteiger partial charge in [0.05, 0.1) is 6.33 Å². The van der Waals surface area contributed by atoms with Crippen LogP contribution in [-0.4, -0.2) is 21.9 Å². The van der Waals surface area contributed by atoms with E-state index in [0.29, 0.717) is 25.2 Å². The molecule has 2 aromatic rings. The predicted molar refractivity (Wildman–Crippen MR) is 73.5 cm³/mol. The number of nitrogens with zero attached hydrogens (tertiary/aromatic N) is 2. The summed E-state index contributed by atoms with van der Waals surface area (Å²) < 4.78 is 2.83. The van der Waals surface area contributed by atoms with Crippen molar-refractivity contribution in [3.63, 3.8) is 0 Å². The zero-order chi connectivity index (χ0) is 13.0. The van der Waals surface area contributed by atoms with Gasteiger partial charge in [-0.15, -0.1) is 0 Å². The van der Waals surface area contributed by atoms with Crippen molar-refractivity contribution >= 4 is 21.7 Å². The third-order valence-electron chi connectivity index (χ3n) is 2.58. The second kappa shape index (κ2) is 5.93. The first-order chi connectivity index (χ1) is 8.69. The maximum absolute atomic E-state index is 12.0. The monoisotopic (exact) mass is 307 g/mol. The van der Waals surface area contributed by atoms with Crippen molar-refractivity contribution in [2.45, 2.75) is 13.0 Å². The molecule has 2 N–H and O–H groups in total. The molecule has 0 unspecified atom stereocenters. The number of halogens is 1. The first kappa shape index (κ1) is 13.0. The van der Waals surface area contributed by atoms with Crippen molar-refractivity contribution in [2.24, 2.45) is 5.73 Å². The molecule has 1 heterocycles. The Balaban J connectivity index is 2.04. The Bertz CT molecular complexity index is 533. The van der Waals surface area contributed by atoms with Crippen molar-refractivity contribution in [2.75, 3.05) is 6.54 Å². The average Bonchev–Trinajstić information content (AvgIpc) is 2.81. The normalized spacial score (nSPS) is 10.6. The van der Waals surface area contributed by atoms with E-state index in [0.717, 1.165) is 10.0 Å². The molecule has 4 nitrogen and oxygen atoms in total. The van der Waals surface area contributed by atoms with Crippen LogP contribution in [0.25, 0.3) is 0 Å². The highest BCUT2D eigenvalue weighted by Gasteiger charge is 2.10. The van der Waals surface area contributed by atoms with E-state index in [9.17, 15) is 4.79 Å². The van der Waals surface area contributed by atoms with E-state index >= 15 is 0 Å². The van der Waals surface area contributed by atoms with Crippen LogP contribution in [0.5, 0.6) is 0 Å². The summed E-state index contributed by atoms with van der Waals surface area (Å²) in [6, 6.07) is 7.71. The molecule has 0 fully saturated rings. The van der Waals surface area contributed by atoms with E-state index in [1.165, 1.54) is 0 Å². The molecule has 0 saturated heterocycles. The van der Waals surface area contributed by atoms with Gasteiger partial charge in [0.15, 0.2) is 5.78 Å². The second-order valence-corrected chi connectivity index (χ2v) is 4.93. The van der Waals surface area contributed by atoms with Gasteiger partial charge in [0.25, 0.3) is 0 Å². The minimum Gasteiger partial charge on any atom is -0.335 e. The molecule has 94 valence electrons. The number of rotatable bonds is 5. The Morgan fingerprint density at radius 1 is 1.33 bits per heavy atom. The lowest BCUT2D eigenvalue weighted by Gasteiger charge is -1.99. The van der Waals surface area contributed by atoms with E-state index < -0.39 is 0 Å². The first-order valence-electron chi connectivity index (χ1n) is 5.68. The minimum absolute atomic E-state index is 0.0214. The Morgan fingerprint density at radius 3 is 2.72 bits per heavy atom. The van der Waals surface area contributed by atoms with E-state index in [1.54, 1.807) is 12.5 Å². The molecule has 0 bridgehead atoms. The van der Waals surface area contributed by atoms with Gasteiger partial charge >= 0.3 is 0 Å². The molecule has 0 spiro atoms. The lowest BCUT2D eigenvalue weighted by molar-refractivity contribution is 0.0988. The molecule has 2 rings (SSSR count). The van der Waals surface area contributed by atoms with Crippen LogP contribution in [0.3, 0.4) is 0 Å². The van der Waals surface area contributed by atoms with Gasteiger partial charge in [-0.2, -0.15) is 0 Å². The van der Waals surface area contributed by atoms with Gasteiger partial charge in [-0.3, -0.25) is 4.79 Å². The molecule has 5 heteroatoms. The molecule has 18 heavy (non-hydrogen) atoms. The highest BCUT2D eigenvalue weighted by Crippen LogP contribution is 2.12. The Hall–Kier alpha value is -1.46. The number of imidazole rings is 1. The van der Waals surface area contributed by atoms with Crippen molar-refractivity contribution in [1.82, 2.24) is 9.55 Å². The fourth-order valence-corrected chi connectivity index (χ4v) is 1.92. The van der Waals surface area contributed by atoms with Gasteiger partial charge in [0, 0.05) is 30.2 Å². The Labute approximate surface area is 114 Å². The van der Waals surface area contributed by atoms with Crippen molar-refractivity contribution < 1.29 is 4.79 Å². The summed E-state index contributed by atoms with van der Waals surface area (Å²) in [5.74, 6) is 0.0214.